The molecule has 0 bridgehead atoms. The highest BCUT2D eigenvalue weighted by Crippen LogP contribution is 2.38. The highest BCUT2D eigenvalue weighted by molar-refractivity contribution is 6.15. The van der Waals surface area contributed by atoms with Gasteiger partial charge in [0.2, 0.25) is 5.78 Å². The number of nitrogens with one attached hydrogen (secondary N) is 1. The minimum absolute atomic E-state index is 0.0194. The van der Waals surface area contributed by atoms with Crippen molar-refractivity contribution in [3.05, 3.63) is 92.3 Å². The molecule has 9 nitrogen and oxygen atoms in total. The molecule has 1 heterocycles. The lowest BCUT2D eigenvalue weighted by Gasteiger charge is -2.10. The Morgan fingerprint density at radius 2 is 1.74 bits per heavy atom. The summed E-state index contributed by atoms with van der Waals surface area (Å²) in [6, 6.07) is 12.3. The van der Waals surface area contributed by atoms with Crippen LogP contribution in [-0.4, -0.2) is 40.7 Å². The van der Waals surface area contributed by atoms with Crippen LogP contribution in [0.15, 0.2) is 48.5 Å². The first-order chi connectivity index (χ1) is 16.7. The Kier molecular flexibility index (Phi) is 6.50. The van der Waals surface area contributed by atoms with E-state index >= 15 is 0 Å². The minimum Gasteiger partial charge on any atom is -0.454 e. The Bertz CT molecular complexity index is 1350. The van der Waals surface area contributed by atoms with Crippen LogP contribution in [0.5, 0.6) is 0 Å². The number of ether oxygens (including phenoxy) is 1. The lowest BCUT2D eigenvalue weighted by Crippen LogP contribution is -2.17. The molecular weight excluding hydrogens is 450 g/mol. The molecule has 9 heteroatoms. The van der Waals surface area contributed by atoms with E-state index in [4.69, 9.17) is 4.74 Å². The predicted molar refractivity (Wildman–Crippen MR) is 129 cm³/mol. The van der Waals surface area contributed by atoms with Crippen LogP contribution in [0.3, 0.4) is 0 Å². The summed E-state index contributed by atoms with van der Waals surface area (Å²) in [5.74, 6) is -1.71. The van der Waals surface area contributed by atoms with Gasteiger partial charge < -0.3 is 14.6 Å². The summed E-state index contributed by atoms with van der Waals surface area (Å²) < 4.78 is 7.42. The molecule has 3 aromatic rings. The average molecular weight is 476 g/mol. The summed E-state index contributed by atoms with van der Waals surface area (Å²) in [5, 5.41) is 14.1. The Morgan fingerprint density at radius 1 is 1.06 bits per heavy atom. The Balaban J connectivity index is 1.53. The molecule has 0 unspecified atom stereocenters. The van der Waals surface area contributed by atoms with Gasteiger partial charge in [0.15, 0.2) is 12.4 Å². The molecule has 1 aliphatic rings. The molecule has 35 heavy (non-hydrogen) atoms. The fourth-order valence-electron chi connectivity index (χ4n) is 4.29. The molecule has 0 aliphatic heterocycles. The van der Waals surface area contributed by atoms with Gasteiger partial charge in [0.25, 0.3) is 5.69 Å². The van der Waals surface area contributed by atoms with Gasteiger partial charge in [-0.2, -0.15) is 0 Å². The third kappa shape index (κ3) is 4.70. The number of ketones is 2. The second-order valence-electron chi connectivity index (χ2n) is 8.50. The predicted octanol–water partition coefficient (Wildman–Crippen LogP) is 4.66. The Labute approximate surface area is 201 Å². The number of hydrogen-bond donors (Lipinski definition) is 1. The zero-order chi connectivity index (χ0) is 25.3. The fraction of sp³-hybridized carbons (Fsp3) is 0.269. The number of aromatic nitrogens is 1. The van der Waals surface area contributed by atoms with Gasteiger partial charge >= 0.3 is 5.97 Å². The van der Waals surface area contributed by atoms with Crippen molar-refractivity contribution in [1.29, 1.82) is 0 Å². The maximum absolute atomic E-state index is 13.1. The van der Waals surface area contributed by atoms with Gasteiger partial charge in [-0.3, -0.25) is 19.7 Å². The van der Waals surface area contributed by atoms with Gasteiger partial charge in [-0.05, 0) is 51.0 Å². The van der Waals surface area contributed by atoms with Crippen LogP contribution in [-0.2, 0) is 4.74 Å². The van der Waals surface area contributed by atoms with Crippen molar-refractivity contribution in [3.63, 3.8) is 0 Å². The van der Waals surface area contributed by atoms with Gasteiger partial charge in [-0.15, -0.1) is 0 Å². The maximum atomic E-state index is 13.1. The molecule has 0 radical (unpaired) electrons. The number of anilines is 1. The van der Waals surface area contributed by atoms with Crippen LogP contribution in [0.25, 0.3) is 0 Å². The van der Waals surface area contributed by atoms with Crippen molar-refractivity contribution in [2.45, 2.75) is 32.7 Å². The monoisotopic (exact) mass is 475 g/mol. The molecular formula is C26H25N3O6. The van der Waals surface area contributed by atoms with E-state index in [1.807, 2.05) is 19.9 Å². The van der Waals surface area contributed by atoms with Crippen molar-refractivity contribution in [3.8, 4) is 0 Å². The molecule has 1 fully saturated rings. The first kappa shape index (κ1) is 23.9. The number of Topliss-reactive ketones (excluding diaryl/α,β-unsaturated/α-hetero) is 1. The third-order valence-corrected chi connectivity index (χ3v) is 6.15. The molecule has 1 N–H and O–H groups in total. The SMILES string of the molecule is CNc1ccc(C(=O)c2ccccc2C(=O)OCC(=O)c2cc(C)n(C3CC3)c2C)cc1[N+](=O)[O-]. The summed E-state index contributed by atoms with van der Waals surface area (Å²) in [4.78, 5) is 49.5. The molecule has 4 rings (SSSR count). The Hall–Kier alpha value is -4.27. The van der Waals surface area contributed by atoms with E-state index in [0.29, 0.717) is 11.6 Å². The standard InChI is InChI=1S/C26H25N3O6/c1-15-12-21(16(2)28(15)18-9-10-18)24(30)14-35-26(32)20-7-5-4-6-19(20)25(31)17-8-11-22(27-3)23(13-17)29(33)34/h4-8,11-13,18,27H,9-10,14H2,1-3H3. The summed E-state index contributed by atoms with van der Waals surface area (Å²) in [6.07, 6.45) is 2.18. The molecule has 0 amide bonds. The average Bonchev–Trinajstić information content (AvgIpc) is 3.65. The van der Waals surface area contributed by atoms with Crippen LogP contribution in [0.4, 0.5) is 11.4 Å². The zero-order valence-electron chi connectivity index (χ0n) is 19.7. The number of nitrogens with zero attached hydrogens (tertiary/aromatic N) is 2. The number of carbonyl (C=O) groups is 3. The maximum Gasteiger partial charge on any atom is 0.339 e. The van der Waals surface area contributed by atoms with Crippen molar-refractivity contribution in [1.82, 2.24) is 4.57 Å². The lowest BCUT2D eigenvalue weighted by molar-refractivity contribution is -0.384. The van der Waals surface area contributed by atoms with Crippen LogP contribution < -0.4 is 5.32 Å². The highest BCUT2D eigenvalue weighted by Gasteiger charge is 2.29. The van der Waals surface area contributed by atoms with E-state index in [-0.39, 0.29) is 33.8 Å². The van der Waals surface area contributed by atoms with Crippen LogP contribution >= 0.6 is 0 Å². The molecule has 0 saturated heterocycles. The van der Waals surface area contributed by atoms with Crippen molar-refractivity contribution in [2.24, 2.45) is 0 Å². The van der Waals surface area contributed by atoms with Gasteiger partial charge in [-0.1, -0.05) is 18.2 Å². The number of nitro benzene ring substituents is 1. The van der Waals surface area contributed by atoms with Crippen molar-refractivity contribution in [2.75, 3.05) is 19.0 Å². The van der Waals surface area contributed by atoms with Crippen molar-refractivity contribution < 1.29 is 24.0 Å². The minimum atomic E-state index is -0.820. The number of rotatable bonds is 9. The van der Waals surface area contributed by atoms with Gasteiger partial charge in [0, 0.05) is 47.2 Å². The van der Waals surface area contributed by atoms with E-state index in [1.54, 1.807) is 19.2 Å². The van der Waals surface area contributed by atoms with Crippen LogP contribution in [0.2, 0.25) is 0 Å². The normalized spacial score (nSPS) is 12.8. The molecule has 1 aromatic heterocycles. The van der Waals surface area contributed by atoms with Crippen LogP contribution in [0, 0.1) is 24.0 Å². The number of benzene rings is 2. The third-order valence-electron chi connectivity index (χ3n) is 6.15. The number of carbonyl (C=O) groups excluding carboxylic acids is 3. The van der Waals surface area contributed by atoms with E-state index in [2.05, 4.69) is 9.88 Å². The molecule has 2 aromatic carbocycles. The molecule has 1 saturated carbocycles. The first-order valence-electron chi connectivity index (χ1n) is 11.2. The van der Waals surface area contributed by atoms with Gasteiger partial charge in [0.05, 0.1) is 10.5 Å². The number of hydrogen-bond acceptors (Lipinski definition) is 7. The second kappa shape index (κ2) is 9.54. The van der Waals surface area contributed by atoms with E-state index < -0.39 is 23.3 Å². The fourth-order valence-corrected chi connectivity index (χ4v) is 4.29. The second-order valence-corrected chi connectivity index (χ2v) is 8.50. The molecule has 0 atom stereocenters. The lowest BCUT2D eigenvalue weighted by atomic mass is 9.97. The smallest absolute Gasteiger partial charge is 0.339 e. The van der Waals surface area contributed by atoms with Crippen molar-refractivity contribution >= 4 is 28.9 Å². The number of nitro groups is 1. The quantitative estimate of drug-likeness (QED) is 0.207. The van der Waals surface area contributed by atoms with E-state index in [0.717, 1.165) is 30.3 Å². The first-order valence-corrected chi connectivity index (χ1v) is 11.2. The molecule has 180 valence electrons. The Morgan fingerprint density at radius 3 is 2.37 bits per heavy atom. The van der Waals surface area contributed by atoms with E-state index in [1.165, 1.54) is 24.3 Å². The zero-order valence-corrected chi connectivity index (χ0v) is 19.7. The van der Waals surface area contributed by atoms with Crippen LogP contribution in [0.1, 0.15) is 66.9 Å². The summed E-state index contributed by atoms with van der Waals surface area (Å²) in [6.45, 7) is 3.37. The largest absolute Gasteiger partial charge is 0.454 e. The van der Waals surface area contributed by atoms with Gasteiger partial charge in [-0.25, -0.2) is 4.79 Å². The summed E-state index contributed by atoms with van der Waals surface area (Å²) in [5.41, 5.74) is 2.44. The molecule has 0 spiro atoms. The summed E-state index contributed by atoms with van der Waals surface area (Å²) >= 11 is 0. The number of esters is 1. The summed E-state index contributed by atoms with van der Waals surface area (Å²) in [7, 11) is 1.54. The topological polar surface area (TPSA) is 121 Å². The highest BCUT2D eigenvalue weighted by atomic mass is 16.6. The number of aryl methyl sites for hydroxylation is 1. The van der Waals surface area contributed by atoms with Gasteiger partial charge in [0.1, 0.15) is 5.69 Å². The van der Waals surface area contributed by atoms with E-state index in [9.17, 15) is 24.5 Å². The molecule has 1 aliphatic carbocycles.